The van der Waals surface area contributed by atoms with Crippen LogP contribution < -0.4 is 15.3 Å². The van der Waals surface area contributed by atoms with E-state index in [1.54, 1.807) is 28.5 Å². The van der Waals surface area contributed by atoms with Gasteiger partial charge in [0, 0.05) is 45.1 Å². The van der Waals surface area contributed by atoms with E-state index in [1.165, 1.54) is 17.9 Å². The number of amides is 1. The summed E-state index contributed by atoms with van der Waals surface area (Å²) in [5.74, 6) is -0.300. The van der Waals surface area contributed by atoms with Crippen molar-refractivity contribution in [1.29, 1.82) is 0 Å². The maximum absolute atomic E-state index is 13.6. The molecule has 228 valence electrons. The SMILES string of the molecule is CN(Cc1nc2c(N3CCOCC3)nc(-c3cc(C(F)(F)F)cc(C(F)(F)F)c3)nc2n1C)c1ncc(C(=O)NO)cn1. The number of morpholine rings is 1. The molecule has 2 N–H and O–H groups in total. The molecule has 4 aromatic rings. The largest absolute Gasteiger partial charge is 0.416 e. The molecule has 0 aliphatic carbocycles. The van der Waals surface area contributed by atoms with Gasteiger partial charge in [0.25, 0.3) is 5.91 Å². The molecular formula is C25H23F6N9O3. The Hall–Kier alpha value is -4.58. The van der Waals surface area contributed by atoms with E-state index >= 15 is 0 Å². The van der Waals surface area contributed by atoms with Gasteiger partial charge in [0.2, 0.25) is 5.95 Å². The van der Waals surface area contributed by atoms with E-state index in [2.05, 4.69) is 24.9 Å². The van der Waals surface area contributed by atoms with E-state index in [1.807, 2.05) is 0 Å². The summed E-state index contributed by atoms with van der Waals surface area (Å²) in [7, 11) is 3.24. The molecule has 1 amide bonds. The molecule has 1 aromatic carbocycles. The molecular weight excluding hydrogens is 588 g/mol. The normalized spacial score (nSPS) is 14.3. The number of carbonyl (C=O) groups excluding carboxylic acids is 1. The van der Waals surface area contributed by atoms with Crippen molar-refractivity contribution in [3.63, 3.8) is 0 Å². The lowest BCUT2D eigenvalue weighted by Crippen LogP contribution is -2.37. The minimum Gasteiger partial charge on any atom is -0.378 e. The fraction of sp³-hybridized carbons (Fsp3) is 0.360. The number of hydrogen-bond donors (Lipinski definition) is 2. The maximum atomic E-state index is 13.6. The molecule has 12 nitrogen and oxygen atoms in total. The third-order valence-corrected chi connectivity index (χ3v) is 6.67. The van der Waals surface area contributed by atoms with Crippen molar-refractivity contribution in [2.45, 2.75) is 18.9 Å². The molecule has 0 radical (unpaired) electrons. The quantitative estimate of drug-likeness (QED) is 0.190. The lowest BCUT2D eigenvalue weighted by molar-refractivity contribution is -0.143. The van der Waals surface area contributed by atoms with Gasteiger partial charge in [0.1, 0.15) is 5.82 Å². The molecule has 0 unspecified atom stereocenters. The van der Waals surface area contributed by atoms with Gasteiger partial charge in [-0.05, 0) is 18.2 Å². The molecule has 4 heterocycles. The summed E-state index contributed by atoms with van der Waals surface area (Å²) >= 11 is 0. The Morgan fingerprint density at radius 1 is 1.00 bits per heavy atom. The minimum absolute atomic E-state index is 0.0172. The maximum Gasteiger partial charge on any atom is 0.416 e. The second-order valence-electron chi connectivity index (χ2n) is 9.59. The Bertz CT molecular complexity index is 1620. The number of aryl methyl sites for hydroxylation is 1. The highest BCUT2D eigenvalue weighted by Gasteiger charge is 2.37. The monoisotopic (exact) mass is 611 g/mol. The first-order chi connectivity index (χ1) is 20.3. The van der Waals surface area contributed by atoms with Crippen molar-refractivity contribution in [2.75, 3.05) is 43.2 Å². The highest BCUT2D eigenvalue weighted by molar-refractivity contribution is 5.92. The Labute approximate surface area is 238 Å². The van der Waals surface area contributed by atoms with Gasteiger partial charge in [-0.2, -0.15) is 26.3 Å². The average Bonchev–Trinajstić information content (AvgIpc) is 3.30. The van der Waals surface area contributed by atoms with Crippen LogP contribution in [0.5, 0.6) is 0 Å². The van der Waals surface area contributed by atoms with Crippen molar-refractivity contribution in [3.05, 3.63) is 53.1 Å². The number of hydroxylamine groups is 1. The molecule has 1 saturated heterocycles. The molecule has 0 saturated carbocycles. The number of carbonyl (C=O) groups is 1. The Kier molecular flexibility index (Phi) is 7.82. The van der Waals surface area contributed by atoms with Gasteiger partial charge < -0.3 is 19.1 Å². The van der Waals surface area contributed by atoms with E-state index in [9.17, 15) is 31.1 Å². The van der Waals surface area contributed by atoms with E-state index in [4.69, 9.17) is 9.94 Å². The number of ether oxygens (including phenoxy) is 1. The van der Waals surface area contributed by atoms with Gasteiger partial charge in [0.15, 0.2) is 22.8 Å². The zero-order valence-electron chi connectivity index (χ0n) is 22.5. The summed E-state index contributed by atoms with van der Waals surface area (Å²) in [4.78, 5) is 36.6. The van der Waals surface area contributed by atoms with Crippen molar-refractivity contribution >= 4 is 28.8 Å². The molecule has 1 aliphatic rings. The van der Waals surface area contributed by atoms with Crippen molar-refractivity contribution in [3.8, 4) is 11.4 Å². The average molecular weight is 612 g/mol. The number of halogens is 6. The third kappa shape index (κ3) is 6.14. The summed E-state index contributed by atoms with van der Waals surface area (Å²) in [6, 6.07) is 1.22. The van der Waals surface area contributed by atoms with Crippen LogP contribution in [0.25, 0.3) is 22.6 Å². The van der Waals surface area contributed by atoms with Crippen molar-refractivity contribution < 1.29 is 41.1 Å². The van der Waals surface area contributed by atoms with Crippen molar-refractivity contribution in [1.82, 2.24) is 35.0 Å². The Morgan fingerprint density at radius 2 is 1.60 bits per heavy atom. The highest BCUT2D eigenvalue weighted by atomic mass is 19.4. The number of nitrogens with one attached hydrogen (secondary N) is 1. The van der Waals surface area contributed by atoms with Crippen LogP contribution in [0.1, 0.15) is 27.3 Å². The molecule has 18 heteroatoms. The first kappa shape index (κ1) is 29.9. The van der Waals surface area contributed by atoms with Crippen LogP contribution >= 0.6 is 0 Å². The number of fused-ring (bicyclic) bond motifs is 1. The van der Waals surface area contributed by atoms with Crippen LogP contribution in [-0.4, -0.2) is 74.0 Å². The predicted molar refractivity (Wildman–Crippen MR) is 138 cm³/mol. The van der Waals surface area contributed by atoms with Crippen LogP contribution in [0, 0.1) is 0 Å². The number of benzene rings is 1. The third-order valence-electron chi connectivity index (χ3n) is 6.67. The first-order valence-electron chi connectivity index (χ1n) is 12.6. The van der Waals surface area contributed by atoms with E-state index in [0.717, 1.165) is 0 Å². The Balaban J connectivity index is 1.61. The van der Waals surface area contributed by atoms with Gasteiger partial charge in [0.05, 0.1) is 36.4 Å². The molecule has 43 heavy (non-hydrogen) atoms. The number of hydrogen-bond acceptors (Lipinski definition) is 10. The first-order valence-corrected chi connectivity index (χ1v) is 12.6. The molecule has 5 rings (SSSR count). The summed E-state index contributed by atoms with van der Waals surface area (Å²) in [6.07, 6.45) is -7.67. The fourth-order valence-electron chi connectivity index (χ4n) is 4.42. The van der Waals surface area contributed by atoms with Crippen LogP contribution in [0.3, 0.4) is 0 Å². The lowest BCUT2D eigenvalue weighted by Gasteiger charge is -2.28. The molecule has 0 atom stereocenters. The second-order valence-corrected chi connectivity index (χ2v) is 9.59. The van der Waals surface area contributed by atoms with Crippen LogP contribution in [0.2, 0.25) is 0 Å². The molecule has 1 fully saturated rings. The summed E-state index contributed by atoms with van der Waals surface area (Å²) in [5.41, 5.74) is -1.46. The smallest absolute Gasteiger partial charge is 0.378 e. The lowest BCUT2D eigenvalue weighted by atomic mass is 10.0. The van der Waals surface area contributed by atoms with Gasteiger partial charge in [-0.1, -0.05) is 0 Å². The number of aromatic nitrogens is 6. The van der Waals surface area contributed by atoms with Gasteiger partial charge >= 0.3 is 12.4 Å². The Morgan fingerprint density at radius 3 is 2.16 bits per heavy atom. The summed E-state index contributed by atoms with van der Waals surface area (Å²) < 4.78 is 88.5. The fourth-order valence-corrected chi connectivity index (χ4v) is 4.42. The van der Waals surface area contributed by atoms with Crippen LogP contribution in [0.4, 0.5) is 38.1 Å². The zero-order chi connectivity index (χ0) is 31.1. The van der Waals surface area contributed by atoms with Gasteiger partial charge in [-0.3, -0.25) is 10.0 Å². The molecule has 0 spiro atoms. The van der Waals surface area contributed by atoms with Gasteiger partial charge in [-0.15, -0.1) is 0 Å². The van der Waals surface area contributed by atoms with E-state index in [0.29, 0.717) is 44.3 Å². The topological polar surface area (TPSA) is 134 Å². The highest BCUT2D eigenvalue weighted by Crippen LogP contribution is 2.39. The number of imidazole rings is 1. The van der Waals surface area contributed by atoms with E-state index < -0.39 is 35.0 Å². The number of anilines is 2. The molecule has 1 aliphatic heterocycles. The standard InChI is InChI=1S/C25H23F6N9O3/c1-38(23-32-10-14(11-33-23)22(41)37-42)12-17-34-18-20(39(17)2)35-19(36-21(18)40-3-5-43-6-4-40)13-7-15(24(26,27)28)9-16(8-13)25(29,30)31/h7-11,42H,3-6,12H2,1-2H3,(H,37,41). The number of alkyl halides is 6. The van der Waals surface area contributed by atoms with Crippen molar-refractivity contribution in [2.24, 2.45) is 7.05 Å². The predicted octanol–water partition coefficient (Wildman–Crippen LogP) is 3.45. The minimum atomic E-state index is -5.04. The molecule has 3 aromatic heterocycles. The summed E-state index contributed by atoms with van der Waals surface area (Å²) in [5, 5.41) is 8.77. The number of nitrogens with zero attached hydrogens (tertiary/aromatic N) is 8. The molecule has 0 bridgehead atoms. The van der Waals surface area contributed by atoms with Crippen LogP contribution in [-0.2, 0) is 30.7 Å². The van der Waals surface area contributed by atoms with Gasteiger partial charge in [-0.25, -0.2) is 30.4 Å². The zero-order valence-corrected chi connectivity index (χ0v) is 22.5. The van der Waals surface area contributed by atoms with E-state index in [-0.39, 0.29) is 46.9 Å². The second kappa shape index (κ2) is 11.3. The summed E-state index contributed by atoms with van der Waals surface area (Å²) in [6.45, 7) is 1.46. The van der Waals surface area contributed by atoms with Crippen LogP contribution in [0.15, 0.2) is 30.6 Å². The number of rotatable bonds is 6.